The van der Waals surface area contributed by atoms with Gasteiger partial charge in [0.2, 0.25) is 0 Å². The fraction of sp³-hybridized carbons (Fsp3) is 0. The van der Waals surface area contributed by atoms with E-state index in [1.165, 1.54) is 0 Å². The van der Waals surface area contributed by atoms with Crippen LogP contribution in [0.25, 0.3) is 10.2 Å². The van der Waals surface area contributed by atoms with E-state index in [-0.39, 0.29) is 0 Å². The minimum atomic E-state index is 0.702. The number of nitrogens with zero attached hydrogens (tertiary/aromatic N) is 1. The van der Waals surface area contributed by atoms with Gasteiger partial charge in [-0.15, -0.1) is 11.3 Å². The Labute approximate surface area is 90.0 Å². The molecule has 2 aromatic rings. The number of hydrogen-bond donors (Lipinski definition) is 1. The summed E-state index contributed by atoms with van der Waals surface area (Å²) in [5.41, 5.74) is 9.22. The predicted octanol–water partition coefficient (Wildman–Crippen LogP) is 3.40. The van der Waals surface area contributed by atoms with E-state index >= 15 is 0 Å². The monoisotopic (exact) mass is 306 g/mol. The molecule has 0 amide bonds. The van der Waals surface area contributed by atoms with Gasteiger partial charge in [-0.05, 0) is 37.9 Å². The Bertz CT molecular complexity index is 438. The fourth-order valence-corrected chi connectivity index (χ4v) is 3.18. The van der Waals surface area contributed by atoms with Crippen LogP contribution in [0.15, 0.2) is 20.5 Å². The van der Waals surface area contributed by atoms with Crippen molar-refractivity contribution in [1.29, 1.82) is 0 Å². The average molecular weight is 308 g/mol. The van der Waals surface area contributed by atoms with E-state index < -0.39 is 0 Å². The van der Waals surface area contributed by atoms with Crippen LogP contribution in [0.2, 0.25) is 0 Å². The lowest BCUT2D eigenvalue weighted by Crippen LogP contribution is -1.88. The normalized spacial score (nSPS) is 10.8. The second-order valence-electron chi connectivity index (χ2n) is 2.29. The molecule has 0 fully saturated rings. The number of aromatic nitrogens is 1. The molecule has 1 aromatic carbocycles. The summed E-state index contributed by atoms with van der Waals surface area (Å²) in [5.74, 6) is 0. The highest BCUT2D eigenvalue weighted by Gasteiger charge is 2.08. The molecule has 1 aromatic heterocycles. The van der Waals surface area contributed by atoms with E-state index in [2.05, 4.69) is 36.8 Å². The van der Waals surface area contributed by atoms with E-state index in [4.69, 9.17) is 5.73 Å². The summed E-state index contributed by atoms with van der Waals surface area (Å²) in [4.78, 5) is 4.19. The maximum Gasteiger partial charge on any atom is 0.0975 e. The summed E-state index contributed by atoms with van der Waals surface area (Å²) in [6, 6.07) is 1.98. The van der Waals surface area contributed by atoms with Crippen molar-refractivity contribution in [1.82, 2.24) is 4.98 Å². The maximum atomic E-state index is 5.78. The van der Waals surface area contributed by atoms with Crippen molar-refractivity contribution >= 4 is 59.1 Å². The van der Waals surface area contributed by atoms with Gasteiger partial charge in [0, 0.05) is 4.47 Å². The zero-order valence-corrected chi connectivity index (χ0v) is 9.83. The minimum absolute atomic E-state index is 0.702. The fourth-order valence-electron chi connectivity index (χ4n) is 0.948. The molecule has 0 aliphatic carbocycles. The first kappa shape index (κ1) is 8.47. The van der Waals surface area contributed by atoms with Crippen molar-refractivity contribution in [3.05, 3.63) is 20.5 Å². The highest BCUT2D eigenvalue weighted by atomic mass is 79.9. The first-order chi connectivity index (χ1) is 5.70. The Morgan fingerprint density at radius 2 is 2.17 bits per heavy atom. The van der Waals surface area contributed by atoms with Crippen LogP contribution in [0.3, 0.4) is 0 Å². The van der Waals surface area contributed by atoms with Gasteiger partial charge in [0.05, 0.1) is 25.9 Å². The molecule has 5 heteroatoms. The van der Waals surface area contributed by atoms with Crippen LogP contribution in [0.1, 0.15) is 0 Å². The molecule has 0 bridgehead atoms. The van der Waals surface area contributed by atoms with Crippen LogP contribution in [0, 0.1) is 0 Å². The zero-order chi connectivity index (χ0) is 8.72. The van der Waals surface area contributed by atoms with Gasteiger partial charge in [-0.25, -0.2) is 4.98 Å². The molecular formula is C7H4Br2N2S. The molecule has 0 aliphatic rings. The SMILES string of the molecule is Nc1c(Br)cc2scnc2c1Br. The highest BCUT2D eigenvalue weighted by Crippen LogP contribution is 2.36. The van der Waals surface area contributed by atoms with Crippen molar-refractivity contribution in [2.24, 2.45) is 0 Å². The smallest absolute Gasteiger partial charge is 0.0975 e. The number of benzene rings is 1. The van der Waals surface area contributed by atoms with E-state index in [0.717, 1.165) is 19.2 Å². The second kappa shape index (κ2) is 2.97. The lowest BCUT2D eigenvalue weighted by molar-refractivity contribution is 1.48. The van der Waals surface area contributed by atoms with Crippen LogP contribution in [0.5, 0.6) is 0 Å². The van der Waals surface area contributed by atoms with Crippen LogP contribution in [-0.2, 0) is 0 Å². The van der Waals surface area contributed by atoms with Gasteiger partial charge in [0.1, 0.15) is 0 Å². The molecule has 12 heavy (non-hydrogen) atoms. The third kappa shape index (κ3) is 1.16. The molecule has 0 unspecified atom stereocenters. The molecule has 0 radical (unpaired) electrons. The summed E-state index contributed by atoms with van der Waals surface area (Å²) in [7, 11) is 0. The average Bonchev–Trinajstić information content (AvgIpc) is 2.48. The van der Waals surface area contributed by atoms with E-state index in [0.29, 0.717) is 5.69 Å². The van der Waals surface area contributed by atoms with E-state index in [1.807, 2.05) is 6.07 Å². The molecule has 0 aliphatic heterocycles. The predicted molar refractivity (Wildman–Crippen MR) is 59.4 cm³/mol. The first-order valence-corrected chi connectivity index (χ1v) is 5.63. The van der Waals surface area contributed by atoms with Gasteiger partial charge in [0.15, 0.2) is 0 Å². The third-order valence-corrected chi connectivity index (χ3v) is 3.79. The molecule has 0 saturated heterocycles. The highest BCUT2D eigenvalue weighted by molar-refractivity contribution is 9.11. The number of nitrogens with two attached hydrogens (primary N) is 1. The summed E-state index contributed by atoms with van der Waals surface area (Å²) in [6.07, 6.45) is 0. The molecule has 0 spiro atoms. The van der Waals surface area contributed by atoms with E-state index in [1.54, 1.807) is 16.8 Å². The number of anilines is 1. The molecular weight excluding hydrogens is 304 g/mol. The molecule has 0 saturated carbocycles. The molecule has 2 rings (SSSR count). The topological polar surface area (TPSA) is 38.9 Å². The lowest BCUT2D eigenvalue weighted by Gasteiger charge is -2.00. The number of thiazole rings is 1. The molecule has 0 atom stereocenters. The van der Waals surface area contributed by atoms with Crippen LogP contribution in [-0.4, -0.2) is 4.98 Å². The maximum absolute atomic E-state index is 5.78. The Balaban J connectivity index is 2.94. The number of nitrogen functional groups attached to an aromatic ring is 1. The number of rotatable bonds is 0. The van der Waals surface area contributed by atoms with Crippen molar-refractivity contribution in [2.45, 2.75) is 0 Å². The minimum Gasteiger partial charge on any atom is -0.397 e. The first-order valence-electron chi connectivity index (χ1n) is 3.17. The molecule has 2 N–H and O–H groups in total. The Morgan fingerprint density at radius 3 is 2.92 bits per heavy atom. The van der Waals surface area contributed by atoms with Gasteiger partial charge in [-0.2, -0.15) is 0 Å². The Morgan fingerprint density at radius 1 is 1.42 bits per heavy atom. The molecule has 2 nitrogen and oxygen atoms in total. The van der Waals surface area contributed by atoms with E-state index in [9.17, 15) is 0 Å². The number of fused-ring (bicyclic) bond motifs is 1. The number of halogens is 2. The standard InChI is InChI=1S/C7H4Br2N2S/c8-3-1-4-7(11-2-12-4)5(9)6(3)10/h1-2H,10H2. The van der Waals surface area contributed by atoms with Crippen LogP contribution >= 0.6 is 43.2 Å². The van der Waals surface area contributed by atoms with Gasteiger partial charge < -0.3 is 5.73 Å². The van der Waals surface area contributed by atoms with Crippen LogP contribution < -0.4 is 5.73 Å². The number of hydrogen-bond acceptors (Lipinski definition) is 3. The van der Waals surface area contributed by atoms with Crippen molar-refractivity contribution in [2.75, 3.05) is 5.73 Å². The summed E-state index contributed by atoms with van der Waals surface area (Å²) in [5, 5.41) is 0. The summed E-state index contributed by atoms with van der Waals surface area (Å²) < 4.78 is 2.90. The third-order valence-electron chi connectivity index (χ3n) is 1.55. The lowest BCUT2D eigenvalue weighted by atomic mass is 10.3. The van der Waals surface area contributed by atoms with Gasteiger partial charge >= 0.3 is 0 Å². The summed E-state index contributed by atoms with van der Waals surface area (Å²) >= 11 is 8.37. The summed E-state index contributed by atoms with van der Waals surface area (Å²) in [6.45, 7) is 0. The largest absolute Gasteiger partial charge is 0.397 e. The zero-order valence-electron chi connectivity index (χ0n) is 5.84. The molecule has 1 heterocycles. The van der Waals surface area contributed by atoms with Gasteiger partial charge in [-0.1, -0.05) is 0 Å². The Hall–Kier alpha value is -0.130. The van der Waals surface area contributed by atoms with Gasteiger partial charge in [0.25, 0.3) is 0 Å². The van der Waals surface area contributed by atoms with Crippen molar-refractivity contribution in [3.63, 3.8) is 0 Å². The van der Waals surface area contributed by atoms with Gasteiger partial charge in [-0.3, -0.25) is 0 Å². The van der Waals surface area contributed by atoms with Crippen molar-refractivity contribution in [3.8, 4) is 0 Å². The Kier molecular flexibility index (Phi) is 2.10. The molecule has 62 valence electrons. The second-order valence-corrected chi connectivity index (χ2v) is 4.82. The van der Waals surface area contributed by atoms with Crippen LogP contribution in [0.4, 0.5) is 5.69 Å². The van der Waals surface area contributed by atoms with Crippen molar-refractivity contribution < 1.29 is 0 Å². The quantitative estimate of drug-likeness (QED) is 0.758.